The van der Waals surface area contributed by atoms with Crippen LogP contribution in [0, 0.1) is 0 Å². The van der Waals surface area contributed by atoms with Crippen LogP contribution in [-0.4, -0.2) is 48.1 Å². The molecule has 0 atom stereocenters. The summed E-state index contributed by atoms with van der Waals surface area (Å²) in [6.45, 7) is 11.6. The molecule has 0 N–H and O–H groups in total. The van der Waals surface area contributed by atoms with E-state index in [0.29, 0.717) is 25.0 Å². The van der Waals surface area contributed by atoms with Crippen LogP contribution in [0.3, 0.4) is 0 Å². The third-order valence-corrected chi connectivity index (χ3v) is 3.78. The molecule has 0 aromatic heterocycles. The Labute approximate surface area is 122 Å². The molecule has 0 unspecified atom stereocenters. The molecule has 0 aliphatic carbocycles. The molecule has 4 heteroatoms. The van der Waals surface area contributed by atoms with Gasteiger partial charge < -0.3 is 0 Å². The number of rotatable bonds is 2. The molecule has 0 aromatic carbocycles. The standard InChI is InChI=1S/2C8H14FN/c1-7(2)10-5-3-8(9)4-6-10;1-7(2)10-5-3-4-8(9)6-10/h3,7H,4-6H2,1-2H3;4,7H,3,5-6H2,1-2H3. The molecule has 116 valence electrons. The fourth-order valence-electron chi connectivity index (χ4n) is 2.29. The minimum Gasteiger partial charge on any atom is -0.297 e. The summed E-state index contributed by atoms with van der Waals surface area (Å²) >= 11 is 0. The van der Waals surface area contributed by atoms with Crippen LogP contribution in [0.1, 0.15) is 40.5 Å². The maximum atomic E-state index is 12.6. The Morgan fingerprint density at radius 1 is 0.900 bits per heavy atom. The molecular formula is C16H28F2N2. The molecule has 20 heavy (non-hydrogen) atoms. The van der Waals surface area contributed by atoms with Crippen molar-refractivity contribution in [3.05, 3.63) is 23.8 Å². The molecule has 2 aliphatic heterocycles. The second kappa shape index (κ2) is 8.53. The van der Waals surface area contributed by atoms with E-state index in [9.17, 15) is 8.78 Å². The quantitative estimate of drug-likeness (QED) is 0.759. The molecule has 0 amide bonds. The second-order valence-corrected chi connectivity index (χ2v) is 5.99. The minimum atomic E-state index is 0.0277. The van der Waals surface area contributed by atoms with E-state index in [4.69, 9.17) is 0 Å². The molecular weight excluding hydrogens is 258 g/mol. The smallest absolute Gasteiger partial charge is 0.110 e. The van der Waals surface area contributed by atoms with E-state index in [1.807, 2.05) is 0 Å². The Morgan fingerprint density at radius 2 is 1.55 bits per heavy atom. The van der Waals surface area contributed by atoms with E-state index in [1.54, 1.807) is 12.2 Å². The normalized spacial score (nSPS) is 21.4. The van der Waals surface area contributed by atoms with Crippen LogP contribution in [0.25, 0.3) is 0 Å². The van der Waals surface area contributed by atoms with Crippen LogP contribution in [0.4, 0.5) is 8.78 Å². The van der Waals surface area contributed by atoms with Gasteiger partial charge in [-0.05, 0) is 40.2 Å². The van der Waals surface area contributed by atoms with Crippen LogP contribution in [0.15, 0.2) is 23.8 Å². The summed E-state index contributed by atoms with van der Waals surface area (Å²) in [6.07, 6.45) is 4.81. The van der Waals surface area contributed by atoms with Gasteiger partial charge >= 0.3 is 0 Å². The Kier molecular flexibility index (Phi) is 7.38. The van der Waals surface area contributed by atoms with E-state index in [1.165, 1.54) is 0 Å². The predicted molar refractivity (Wildman–Crippen MR) is 81.0 cm³/mol. The first-order chi connectivity index (χ1) is 9.40. The van der Waals surface area contributed by atoms with Gasteiger partial charge in [-0.3, -0.25) is 9.80 Å². The zero-order chi connectivity index (χ0) is 15.1. The average molecular weight is 286 g/mol. The SMILES string of the molecule is CC(C)N1CC=C(F)CC1.CC(C)N1CCC=C(F)C1. The predicted octanol–water partition coefficient (Wildman–Crippen LogP) is 3.91. The highest BCUT2D eigenvalue weighted by atomic mass is 19.1. The van der Waals surface area contributed by atoms with Gasteiger partial charge in [0.05, 0.1) is 12.4 Å². The molecule has 2 heterocycles. The van der Waals surface area contributed by atoms with Gasteiger partial charge in [0.1, 0.15) is 5.83 Å². The lowest BCUT2D eigenvalue weighted by Crippen LogP contribution is -2.34. The zero-order valence-electron chi connectivity index (χ0n) is 13.2. The number of hydrogen-bond acceptors (Lipinski definition) is 2. The van der Waals surface area contributed by atoms with E-state index in [-0.39, 0.29) is 11.7 Å². The molecule has 2 aliphatic rings. The third kappa shape index (κ3) is 6.14. The zero-order valence-corrected chi connectivity index (χ0v) is 13.2. The number of nitrogens with zero attached hydrogens (tertiary/aromatic N) is 2. The van der Waals surface area contributed by atoms with Crippen molar-refractivity contribution in [2.45, 2.75) is 52.6 Å². The van der Waals surface area contributed by atoms with Gasteiger partial charge in [-0.2, -0.15) is 0 Å². The molecule has 0 fully saturated rings. The Bertz CT molecular complexity index is 348. The molecule has 0 bridgehead atoms. The molecule has 0 spiro atoms. The van der Waals surface area contributed by atoms with Crippen LogP contribution >= 0.6 is 0 Å². The first-order valence-corrected chi connectivity index (χ1v) is 7.57. The first-order valence-electron chi connectivity index (χ1n) is 7.57. The van der Waals surface area contributed by atoms with Gasteiger partial charge in [-0.1, -0.05) is 6.08 Å². The van der Waals surface area contributed by atoms with Crippen LogP contribution < -0.4 is 0 Å². The topological polar surface area (TPSA) is 6.48 Å². The number of halogens is 2. The summed E-state index contributed by atoms with van der Waals surface area (Å²) in [5.74, 6) is 0.0804. The van der Waals surface area contributed by atoms with Gasteiger partial charge in [-0.15, -0.1) is 0 Å². The lowest BCUT2D eigenvalue weighted by Gasteiger charge is -2.27. The van der Waals surface area contributed by atoms with Gasteiger partial charge in [0.15, 0.2) is 0 Å². The fourth-order valence-corrected chi connectivity index (χ4v) is 2.29. The summed E-state index contributed by atoms with van der Waals surface area (Å²) < 4.78 is 25.1. The molecule has 2 rings (SSSR count). The van der Waals surface area contributed by atoms with Crippen molar-refractivity contribution in [3.63, 3.8) is 0 Å². The van der Waals surface area contributed by atoms with Crippen molar-refractivity contribution in [1.29, 1.82) is 0 Å². The Morgan fingerprint density at radius 3 is 1.95 bits per heavy atom. The van der Waals surface area contributed by atoms with Crippen LogP contribution in [0.5, 0.6) is 0 Å². The maximum Gasteiger partial charge on any atom is 0.110 e. The van der Waals surface area contributed by atoms with Crippen molar-refractivity contribution in [2.24, 2.45) is 0 Å². The lowest BCUT2D eigenvalue weighted by atomic mass is 10.2. The molecule has 0 saturated carbocycles. The average Bonchev–Trinajstić information content (AvgIpc) is 2.40. The molecule has 0 saturated heterocycles. The Balaban J connectivity index is 0.000000200. The van der Waals surface area contributed by atoms with Crippen LogP contribution in [0.2, 0.25) is 0 Å². The van der Waals surface area contributed by atoms with Crippen molar-refractivity contribution in [2.75, 3.05) is 26.2 Å². The molecule has 0 aromatic rings. The van der Waals surface area contributed by atoms with E-state index < -0.39 is 0 Å². The summed E-state index contributed by atoms with van der Waals surface area (Å²) in [5.41, 5.74) is 0. The van der Waals surface area contributed by atoms with Crippen LogP contribution in [-0.2, 0) is 0 Å². The van der Waals surface area contributed by atoms with E-state index >= 15 is 0 Å². The molecule has 0 radical (unpaired) electrons. The van der Waals surface area contributed by atoms with Crippen molar-refractivity contribution in [3.8, 4) is 0 Å². The Hall–Kier alpha value is -0.740. The number of hydrogen-bond donors (Lipinski definition) is 0. The van der Waals surface area contributed by atoms with Crippen molar-refractivity contribution < 1.29 is 8.78 Å². The van der Waals surface area contributed by atoms with Crippen molar-refractivity contribution >= 4 is 0 Å². The third-order valence-electron chi connectivity index (χ3n) is 3.78. The monoisotopic (exact) mass is 286 g/mol. The van der Waals surface area contributed by atoms with Gasteiger partial charge in [0, 0.05) is 38.1 Å². The highest BCUT2D eigenvalue weighted by Crippen LogP contribution is 2.13. The summed E-state index contributed by atoms with van der Waals surface area (Å²) in [4.78, 5) is 4.39. The van der Waals surface area contributed by atoms with E-state index in [2.05, 4.69) is 37.5 Å². The fraction of sp³-hybridized carbons (Fsp3) is 0.750. The van der Waals surface area contributed by atoms with Gasteiger partial charge in [0.25, 0.3) is 0 Å². The second-order valence-electron chi connectivity index (χ2n) is 5.99. The van der Waals surface area contributed by atoms with Gasteiger partial charge in [0.2, 0.25) is 0 Å². The minimum absolute atomic E-state index is 0.0277. The van der Waals surface area contributed by atoms with E-state index in [0.717, 1.165) is 26.1 Å². The summed E-state index contributed by atoms with van der Waals surface area (Å²) in [7, 11) is 0. The largest absolute Gasteiger partial charge is 0.297 e. The summed E-state index contributed by atoms with van der Waals surface area (Å²) in [5, 5.41) is 0. The van der Waals surface area contributed by atoms with Gasteiger partial charge in [-0.25, -0.2) is 8.78 Å². The molecule has 2 nitrogen and oxygen atoms in total. The van der Waals surface area contributed by atoms with Crippen molar-refractivity contribution in [1.82, 2.24) is 9.80 Å². The summed E-state index contributed by atoms with van der Waals surface area (Å²) in [6, 6.07) is 1.02. The highest BCUT2D eigenvalue weighted by molar-refractivity contribution is 5.00. The highest BCUT2D eigenvalue weighted by Gasteiger charge is 2.14. The maximum absolute atomic E-state index is 12.6. The lowest BCUT2D eigenvalue weighted by molar-refractivity contribution is 0.218. The first kappa shape index (κ1) is 17.3.